The molecule has 1 fully saturated rings. The molecule has 0 amide bonds. The monoisotopic (exact) mass is 167 g/mol. The first-order valence-electron chi connectivity index (χ1n) is 4.02. The summed E-state index contributed by atoms with van der Waals surface area (Å²) in [6, 6.07) is 3.11. The highest BCUT2D eigenvalue weighted by Crippen LogP contribution is 2.14. The lowest BCUT2D eigenvalue weighted by atomic mass is 10.4. The summed E-state index contributed by atoms with van der Waals surface area (Å²) in [6.45, 7) is 0. The number of rotatable bonds is 1. The van der Waals surface area contributed by atoms with Gasteiger partial charge in [0.05, 0.1) is 13.3 Å². The van der Waals surface area contributed by atoms with Gasteiger partial charge in [-0.3, -0.25) is 0 Å². The molecule has 2 rings (SSSR count). The number of methoxy groups -OCH3 is 1. The van der Waals surface area contributed by atoms with Gasteiger partial charge in [-0.05, 0) is 6.07 Å². The molecule has 66 valence electrons. The molecule has 1 heterocycles. The molecular weight excluding hydrogens is 154 g/mol. The van der Waals surface area contributed by atoms with Crippen LogP contribution in [0.2, 0.25) is 0 Å². The molecule has 0 saturated heterocycles. The molecule has 1 aliphatic rings. The Balaban J connectivity index is 0.000000200. The second-order valence-electron chi connectivity index (χ2n) is 2.62. The van der Waals surface area contributed by atoms with Crippen molar-refractivity contribution in [1.82, 2.24) is 4.98 Å². The van der Waals surface area contributed by atoms with Crippen LogP contribution in [-0.4, -0.2) is 17.2 Å². The molecule has 3 heteroatoms. The Hall–Kier alpha value is -1.25. The van der Waals surface area contributed by atoms with Crippen molar-refractivity contribution in [3.63, 3.8) is 0 Å². The van der Waals surface area contributed by atoms with E-state index in [1.54, 1.807) is 6.07 Å². The highest BCUT2D eigenvalue weighted by Gasteiger charge is 1.95. The van der Waals surface area contributed by atoms with E-state index in [0.717, 1.165) is 0 Å². The second-order valence-corrected chi connectivity index (χ2v) is 2.62. The van der Waals surface area contributed by atoms with Gasteiger partial charge in [0.2, 0.25) is 5.88 Å². The molecule has 1 aromatic rings. The number of aromatic hydroxyl groups is 1. The van der Waals surface area contributed by atoms with E-state index in [1.807, 2.05) is 0 Å². The molecule has 0 spiro atoms. The van der Waals surface area contributed by atoms with E-state index < -0.39 is 0 Å². The molecule has 1 aromatic heterocycles. The Morgan fingerprint density at radius 3 is 2.33 bits per heavy atom. The van der Waals surface area contributed by atoms with Crippen LogP contribution in [0.15, 0.2) is 18.3 Å². The highest BCUT2D eigenvalue weighted by atomic mass is 16.5. The maximum atomic E-state index is 8.73. The highest BCUT2D eigenvalue weighted by molar-refractivity contribution is 5.20. The van der Waals surface area contributed by atoms with E-state index in [-0.39, 0.29) is 5.75 Å². The van der Waals surface area contributed by atoms with Crippen molar-refractivity contribution in [3.05, 3.63) is 18.3 Å². The number of hydrogen-bond acceptors (Lipinski definition) is 3. The third-order valence-corrected chi connectivity index (χ3v) is 1.28. The number of ether oxygens (including phenoxy) is 1. The molecule has 1 N–H and O–H groups in total. The smallest absolute Gasteiger partial charge is 0.213 e. The summed E-state index contributed by atoms with van der Waals surface area (Å²) < 4.78 is 4.75. The van der Waals surface area contributed by atoms with Crippen LogP contribution in [0.4, 0.5) is 0 Å². The molecular formula is C9H13NO2. The van der Waals surface area contributed by atoms with Gasteiger partial charge in [-0.1, -0.05) is 19.3 Å². The van der Waals surface area contributed by atoms with Gasteiger partial charge in [0.1, 0.15) is 5.75 Å². The van der Waals surface area contributed by atoms with Gasteiger partial charge in [0, 0.05) is 6.07 Å². The molecule has 1 saturated carbocycles. The topological polar surface area (TPSA) is 42.4 Å². The summed E-state index contributed by atoms with van der Waals surface area (Å²) >= 11 is 0. The lowest BCUT2D eigenvalue weighted by Crippen LogP contribution is -1.84. The van der Waals surface area contributed by atoms with Crippen molar-refractivity contribution >= 4 is 0 Å². The molecule has 3 nitrogen and oxygen atoms in total. The van der Waals surface area contributed by atoms with Crippen LogP contribution in [0.25, 0.3) is 0 Å². The Labute approximate surface area is 72.0 Å². The number of nitrogens with zero attached hydrogens (tertiary/aromatic N) is 1. The van der Waals surface area contributed by atoms with E-state index in [9.17, 15) is 0 Å². The van der Waals surface area contributed by atoms with Crippen molar-refractivity contribution in [2.45, 2.75) is 19.3 Å². The zero-order valence-corrected chi connectivity index (χ0v) is 7.16. The maximum Gasteiger partial charge on any atom is 0.213 e. The fourth-order valence-corrected chi connectivity index (χ4v) is 0.493. The van der Waals surface area contributed by atoms with E-state index in [1.165, 1.54) is 38.6 Å². The Morgan fingerprint density at radius 2 is 2.00 bits per heavy atom. The summed E-state index contributed by atoms with van der Waals surface area (Å²) in [6.07, 6.45) is 5.83. The normalized spacial score (nSPS) is 12.8. The minimum absolute atomic E-state index is 0.149. The quantitative estimate of drug-likeness (QED) is 0.695. The third kappa shape index (κ3) is 3.81. The minimum atomic E-state index is 0.149. The van der Waals surface area contributed by atoms with Gasteiger partial charge in [-0.15, -0.1) is 0 Å². The largest absolute Gasteiger partial charge is 0.506 e. The minimum Gasteiger partial charge on any atom is -0.506 e. The Bertz CT molecular complexity index is 216. The summed E-state index contributed by atoms with van der Waals surface area (Å²) in [4.78, 5) is 3.72. The van der Waals surface area contributed by atoms with Crippen LogP contribution in [0.3, 0.4) is 0 Å². The van der Waals surface area contributed by atoms with Crippen LogP contribution in [0, 0.1) is 0 Å². The van der Waals surface area contributed by atoms with Crippen molar-refractivity contribution in [2.75, 3.05) is 7.11 Å². The van der Waals surface area contributed by atoms with E-state index in [0.29, 0.717) is 5.88 Å². The molecule has 0 aliphatic heterocycles. The van der Waals surface area contributed by atoms with Gasteiger partial charge in [-0.25, -0.2) is 4.98 Å². The predicted molar refractivity (Wildman–Crippen MR) is 46.3 cm³/mol. The van der Waals surface area contributed by atoms with E-state index in [4.69, 9.17) is 9.84 Å². The van der Waals surface area contributed by atoms with Gasteiger partial charge in [-0.2, -0.15) is 0 Å². The fraction of sp³-hybridized carbons (Fsp3) is 0.444. The Morgan fingerprint density at radius 1 is 1.33 bits per heavy atom. The van der Waals surface area contributed by atoms with Crippen LogP contribution in [-0.2, 0) is 0 Å². The number of aromatic nitrogens is 1. The molecule has 0 bridgehead atoms. The van der Waals surface area contributed by atoms with Gasteiger partial charge in [0.25, 0.3) is 0 Å². The van der Waals surface area contributed by atoms with Crippen LogP contribution < -0.4 is 4.74 Å². The number of pyridine rings is 1. The summed E-state index contributed by atoms with van der Waals surface area (Å²) in [7, 11) is 1.53. The number of hydrogen-bond donors (Lipinski definition) is 1. The summed E-state index contributed by atoms with van der Waals surface area (Å²) in [5, 5.41) is 8.73. The Kier molecular flexibility index (Phi) is 3.38. The zero-order chi connectivity index (χ0) is 8.81. The first-order chi connectivity index (χ1) is 5.83. The predicted octanol–water partition coefficient (Wildman–Crippen LogP) is 1.97. The van der Waals surface area contributed by atoms with Gasteiger partial charge >= 0.3 is 0 Å². The third-order valence-electron chi connectivity index (χ3n) is 1.28. The van der Waals surface area contributed by atoms with Gasteiger partial charge < -0.3 is 9.84 Å². The van der Waals surface area contributed by atoms with Gasteiger partial charge in [0.15, 0.2) is 0 Å². The standard InChI is InChI=1S/C6H7NO2.C3H6/c1-9-6-3-2-5(8)4-7-6;1-2-3-1/h2-4,8H,1H3;1-3H2. The van der Waals surface area contributed by atoms with E-state index in [2.05, 4.69) is 4.98 Å². The SMILES string of the molecule is C1CC1.COc1ccc(O)cn1. The molecule has 0 radical (unpaired) electrons. The maximum absolute atomic E-state index is 8.73. The summed E-state index contributed by atoms with van der Waals surface area (Å²) in [5.41, 5.74) is 0. The van der Waals surface area contributed by atoms with E-state index >= 15 is 0 Å². The van der Waals surface area contributed by atoms with Crippen LogP contribution in [0.5, 0.6) is 11.6 Å². The summed E-state index contributed by atoms with van der Waals surface area (Å²) in [5.74, 6) is 0.656. The van der Waals surface area contributed by atoms with Crippen LogP contribution in [0.1, 0.15) is 19.3 Å². The molecule has 0 atom stereocenters. The molecule has 12 heavy (non-hydrogen) atoms. The average Bonchev–Trinajstić information content (AvgIpc) is 2.92. The molecule has 1 aliphatic carbocycles. The van der Waals surface area contributed by atoms with Crippen molar-refractivity contribution in [2.24, 2.45) is 0 Å². The average molecular weight is 167 g/mol. The second kappa shape index (κ2) is 4.59. The zero-order valence-electron chi connectivity index (χ0n) is 7.16. The first kappa shape index (κ1) is 8.84. The molecule has 0 aromatic carbocycles. The first-order valence-corrected chi connectivity index (χ1v) is 4.02. The lowest BCUT2D eigenvalue weighted by molar-refractivity contribution is 0.394. The van der Waals surface area contributed by atoms with Crippen molar-refractivity contribution in [3.8, 4) is 11.6 Å². The van der Waals surface area contributed by atoms with Crippen molar-refractivity contribution in [1.29, 1.82) is 0 Å². The lowest BCUT2D eigenvalue weighted by Gasteiger charge is -1.95. The fourth-order valence-electron chi connectivity index (χ4n) is 0.493. The molecule has 0 unspecified atom stereocenters. The van der Waals surface area contributed by atoms with Crippen LogP contribution >= 0.6 is 0 Å². The van der Waals surface area contributed by atoms with Crippen molar-refractivity contribution < 1.29 is 9.84 Å².